The Balaban J connectivity index is 1.59. The highest BCUT2D eigenvalue weighted by Crippen LogP contribution is 2.32. The molecule has 4 heteroatoms. The zero-order chi connectivity index (χ0) is 18.7. The number of para-hydroxylation sites is 1. The van der Waals surface area contributed by atoms with E-state index in [4.69, 9.17) is 9.15 Å². The number of hydrogen-bond acceptors (Lipinski definition) is 3. The molecule has 26 heavy (non-hydrogen) atoms. The maximum Gasteiger partial charge on any atom is 0.258 e. The Morgan fingerprint density at radius 3 is 2.62 bits per heavy atom. The Kier molecular flexibility index (Phi) is 5.03. The van der Waals surface area contributed by atoms with E-state index in [0.717, 1.165) is 28.0 Å². The predicted octanol–water partition coefficient (Wildman–Crippen LogP) is 4.73. The summed E-state index contributed by atoms with van der Waals surface area (Å²) in [5, 5.41) is 3.87. The third-order valence-electron chi connectivity index (χ3n) is 4.24. The molecule has 4 nitrogen and oxygen atoms in total. The summed E-state index contributed by atoms with van der Waals surface area (Å²) >= 11 is 0. The number of fused-ring (bicyclic) bond motifs is 1. The minimum Gasteiger partial charge on any atom is -0.483 e. The van der Waals surface area contributed by atoms with E-state index in [1.165, 1.54) is 5.56 Å². The van der Waals surface area contributed by atoms with Gasteiger partial charge in [0.15, 0.2) is 6.61 Å². The first-order valence-corrected chi connectivity index (χ1v) is 8.81. The van der Waals surface area contributed by atoms with Crippen LogP contribution in [0.1, 0.15) is 37.7 Å². The smallest absolute Gasteiger partial charge is 0.258 e. The van der Waals surface area contributed by atoms with Crippen LogP contribution in [0.25, 0.3) is 11.0 Å². The molecule has 0 fully saturated rings. The van der Waals surface area contributed by atoms with E-state index in [-0.39, 0.29) is 17.9 Å². The number of nitrogens with one attached hydrogen (secondary N) is 1. The molecule has 0 radical (unpaired) electrons. The number of carbonyl (C=O) groups is 1. The molecule has 0 atom stereocenters. The average Bonchev–Trinajstić information content (AvgIpc) is 3.01. The molecule has 136 valence electrons. The Hall–Kier alpha value is -2.75. The van der Waals surface area contributed by atoms with Gasteiger partial charge in [-0.05, 0) is 36.1 Å². The van der Waals surface area contributed by atoms with Gasteiger partial charge in [0.25, 0.3) is 5.91 Å². The van der Waals surface area contributed by atoms with Crippen molar-refractivity contribution in [2.24, 2.45) is 0 Å². The minimum atomic E-state index is -0.175. The lowest BCUT2D eigenvalue weighted by Gasteiger charge is -2.23. The highest BCUT2D eigenvalue weighted by atomic mass is 16.5. The van der Waals surface area contributed by atoms with E-state index in [0.29, 0.717) is 6.54 Å². The fraction of sp³-hybridized carbons (Fsp3) is 0.318. The molecule has 0 bridgehead atoms. The van der Waals surface area contributed by atoms with E-state index in [1.54, 1.807) is 0 Å². The summed E-state index contributed by atoms with van der Waals surface area (Å²) in [6, 6.07) is 15.8. The largest absolute Gasteiger partial charge is 0.483 e. The molecule has 0 spiro atoms. The molecule has 0 aliphatic carbocycles. The monoisotopic (exact) mass is 351 g/mol. The summed E-state index contributed by atoms with van der Waals surface area (Å²) in [5.74, 6) is 1.30. The van der Waals surface area contributed by atoms with Crippen LogP contribution in [0.3, 0.4) is 0 Å². The molecule has 0 saturated carbocycles. The zero-order valence-corrected chi connectivity index (χ0v) is 15.8. The molecule has 0 saturated heterocycles. The standard InChI is InChI=1S/C22H25NO3/c1-15-9-10-20(18(11-15)22(2,3)4)25-14-21(24)23-13-17-12-16-7-5-6-8-19(16)26-17/h5-12H,13-14H2,1-4H3,(H,23,24). The van der Waals surface area contributed by atoms with Crippen molar-refractivity contribution in [1.29, 1.82) is 0 Å². The van der Waals surface area contributed by atoms with Gasteiger partial charge in [0.1, 0.15) is 17.1 Å². The number of benzene rings is 2. The van der Waals surface area contributed by atoms with Crippen molar-refractivity contribution in [2.75, 3.05) is 6.61 Å². The number of rotatable bonds is 5. The molecule has 0 aliphatic heterocycles. The fourth-order valence-corrected chi connectivity index (χ4v) is 2.86. The topological polar surface area (TPSA) is 51.5 Å². The predicted molar refractivity (Wildman–Crippen MR) is 103 cm³/mol. The number of amides is 1. The molecule has 1 N–H and O–H groups in total. The Morgan fingerprint density at radius 1 is 1.12 bits per heavy atom. The molecule has 3 aromatic rings. The molecule has 3 rings (SSSR count). The van der Waals surface area contributed by atoms with Crippen LogP contribution in [-0.4, -0.2) is 12.5 Å². The maximum absolute atomic E-state index is 12.2. The third-order valence-corrected chi connectivity index (χ3v) is 4.24. The second kappa shape index (κ2) is 7.24. The number of aryl methyl sites for hydroxylation is 1. The van der Waals surface area contributed by atoms with Crippen molar-refractivity contribution < 1.29 is 13.9 Å². The molecular formula is C22H25NO3. The van der Waals surface area contributed by atoms with Gasteiger partial charge >= 0.3 is 0 Å². The zero-order valence-electron chi connectivity index (χ0n) is 15.8. The van der Waals surface area contributed by atoms with Crippen LogP contribution in [0.5, 0.6) is 5.75 Å². The van der Waals surface area contributed by atoms with Crippen molar-refractivity contribution in [3.8, 4) is 5.75 Å². The van der Waals surface area contributed by atoms with Crippen LogP contribution >= 0.6 is 0 Å². The van der Waals surface area contributed by atoms with E-state index in [9.17, 15) is 4.79 Å². The van der Waals surface area contributed by atoms with E-state index >= 15 is 0 Å². The minimum absolute atomic E-state index is 0.0215. The number of hydrogen-bond donors (Lipinski definition) is 1. The van der Waals surface area contributed by atoms with Crippen molar-refractivity contribution in [3.05, 3.63) is 65.4 Å². The Morgan fingerprint density at radius 2 is 1.88 bits per heavy atom. The lowest BCUT2D eigenvalue weighted by Crippen LogP contribution is -2.28. The quantitative estimate of drug-likeness (QED) is 0.723. The van der Waals surface area contributed by atoms with E-state index in [1.807, 2.05) is 42.5 Å². The van der Waals surface area contributed by atoms with Crippen LogP contribution in [0.4, 0.5) is 0 Å². The molecule has 2 aromatic carbocycles. The second-order valence-electron chi connectivity index (χ2n) is 7.57. The third kappa shape index (κ3) is 4.26. The summed E-state index contributed by atoms with van der Waals surface area (Å²) < 4.78 is 11.5. The molecule has 0 aliphatic rings. The fourth-order valence-electron chi connectivity index (χ4n) is 2.86. The van der Waals surface area contributed by atoms with Crippen LogP contribution in [0.15, 0.2) is 52.9 Å². The summed E-state index contributed by atoms with van der Waals surface area (Å²) in [5.41, 5.74) is 3.05. The Bertz CT molecular complexity index is 886. The van der Waals surface area contributed by atoms with Crippen molar-refractivity contribution >= 4 is 16.9 Å². The highest BCUT2D eigenvalue weighted by Gasteiger charge is 2.19. The normalized spacial score (nSPS) is 11.5. The maximum atomic E-state index is 12.2. The van der Waals surface area contributed by atoms with Crippen LogP contribution in [0, 0.1) is 6.92 Å². The van der Waals surface area contributed by atoms with Gasteiger partial charge in [-0.15, -0.1) is 0 Å². The van der Waals surface area contributed by atoms with Gasteiger partial charge in [0.2, 0.25) is 0 Å². The second-order valence-corrected chi connectivity index (χ2v) is 7.57. The highest BCUT2D eigenvalue weighted by molar-refractivity contribution is 5.79. The van der Waals surface area contributed by atoms with Gasteiger partial charge in [-0.1, -0.05) is 56.7 Å². The van der Waals surface area contributed by atoms with Crippen LogP contribution < -0.4 is 10.1 Å². The van der Waals surface area contributed by atoms with Gasteiger partial charge in [0.05, 0.1) is 6.54 Å². The van der Waals surface area contributed by atoms with Gasteiger partial charge in [-0.3, -0.25) is 4.79 Å². The first-order chi connectivity index (χ1) is 12.3. The van der Waals surface area contributed by atoms with E-state index in [2.05, 4.69) is 39.1 Å². The van der Waals surface area contributed by atoms with Gasteiger partial charge < -0.3 is 14.5 Å². The number of carbonyl (C=O) groups excluding carboxylic acids is 1. The summed E-state index contributed by atoms with van der Waals surface area (Å²) in [7, 11) is 0. The van der Waals surface area contributed by atoms with Gasteiger partial charge in [-0.2, -0.15) is 0 Å². The summed E-state index contributed by atoms with van der Waals surface area (Å²) in [4.78, 5) is 12.2. The summed E-state index contributed by atoms with van der Waals surface area (Å²) in [6.45, 7) is 8.78. The van der Waals surface area contributed by atoms with Crippen molar-refractivity contribution in [2.45, 2.75) is 39.7 Å². The molecule has 0 unspecified atom stereocenters. The van der Waals surface area contributed by atoms with Crippen LogP contribution in [0.2, 0.25) is 0 Å². The lowest BCUT2D eigenvalue weighted by atomic mass is 9.85. The molecular weight excluding hydrogens is 326 g/mol. The van der Waals surface area contributed by atoms with Crippen molar-refractivity contribution in [3.63, 3.8) is 0 Å². The summed E-state index contributed by atoms with van der Waals surface area (Å²) in [6.07, 6.45) is 0. The molecule has 1 heterocycles. The average molecular weight is 351 g/mol. The first-order valence-electron chi connectivity index (χ1n) is 8.81. The SMILES string of the molecule is Cc1ccc(OCC(=O)NCc2cc3ccccc3o2)c(C(C)(C)C)c1. The number of ether oxygens (including phenoxy) is 1. The van der Waals surface area contributed by atoms with Gasteiger partial charge in [-0.25, -0.2) is 0 Å². The Labute approximate surface area is 154 Å². The van der Waals surface area contributed by atoms with Crippen molar-refractivity contribution in [1.82, 2.24) is 5.32 Å². The lowest BCUT2D eigenvalue weighted by molar-refractivity contribution is -0.123. The molecule has 1 amide bonds. The van der Waals surface area contributed by atoms with E-state index < -0.39 is 0 Å². The van der Waals surface area contributed by atoms with Gasteiger partial charge in [0, 0.05) is 5.39 Å². The van der Waals surface area contributed by atoms with Crippen LogP contribution in [-0.2, 0) is 16.8 Å². The molecule has 1 aromatic heterocycles. The number of furan rings is 1. The first kappa shape index (κ1) is 18.1.